The number of halogens is 3. The van der Waals surface area contributed by atoms with Crippen LogP contribution in [0, 0.1) is 13.8 Å². The van der Waals surface area contributed by atoms with Crippen molar-refractivity contribution in [2.45, 2.75) is 45.7 Å². The minimum atomic E-state index is -4.41. The van der Waals surface area contributed by atoms with E-state index in [0.717, 1.165) is 33.5 Å². The third-order valence-corrected chi connectivity index (χ3v) is 6.01. The van der Waals surface area contributed by atoms with Gasteiger partial charge in [-0.2, -0.15) is 18.3 Å². The highest BCUT2D eigenvalue weighted by Crippen LogP contribution is 2.34. The highest BCUT2D eigenvalue weighted by atomic mass is 19.4. The van der Waals surface area contributed by atoms with Crippen LogP contribution in [0.25, 0.3) is 22.0 Å². The summed E-state index contributed by atoms with van der Waals surface area (Å²) in [7, 11) is 1.85. The van der Waals surface area contributed by atoms with Gasteiger partial charge in [0.1, 0.15) is 5.69 Å². The minimum Gasteiger partial charge on any atom is -0.364 e. The van der Waals surface area contributed by atoms with Crippen molar-refractivity contribution < 1.29 is 22.7 Å². The van der Waals surface area contributed by atoms with Gasteiger partial charge in [-0.15, -0.1) is 0 Å². The fourth-order valence-corrected chi connectivity index (χ4v) is 4.48. The van der Waals surface area contributed by atoms with E-state index in [0.29, 0.717) is 18.6 Å². The Morgan fingerprint density at radius 2 is 1.97 bits per heavy atom. The molecule has 1 amide bonds. The molecule has 1 aliphatic rings. The lowest BCUT2D eigenvalue weighted by molar-refractivity contribution is -0.252. The largest absolute Gasteiger partial charge is 0.415 e. The van der Waals surface area contributed by atoms with Gasteiger partial charge in [-0.05, 0) is 44.0 Å². The molecular weight excluding hydrogens is 435 g/mol. The molecule has 0 radical (unpaired) electrons. The van der Waals surface area contributed by atoms with Gasteiger partial charge < -0.3 is 10.5 Å². The highest BCUT2D eigenvalue weighted by Gasteiger charge is 2.44. The van der Waals surface area contributed by atoms with E-state index in [9.17, 15) is 18.0 Å². The number of aromatic nitrogens is 3. The number of benzene rings is 1. The number of carbonyl (C=O) groups excluding carboxylic acids is 1. The molecule has 0 spiro atoms. The zero-order valence-corrected chi connectivity index (χ0v) is 18.9. The van der Waals surface area contributed by atoms with Crippen LogP contribution in [0.2, 0.25) is 0 Å². The first kappa shape index (κ1) is 23.2. The molecule has 0 bridgehead atoms. The number of morpholine rings is 1. The lowest BCUT2D eigenvalue weighted by Gasteiger charge is -2.37. The number of aryl methyl sites for hydroxylation is 2. The molecule has 7 nitrogen and oxygen atoms in total. The Balaban J connectivity index is 1.74. The number of alkyl halides is 3. The lowest BCUT2D eigenvalue weighted by atomic mass is 9.97. The lowest BCUT2D eigenvalue weighted by Crippen LogP contribution is -2.51. The number of nitrogens with two attached hydrogens (primary N) is 1. The Kier molecular flexibility index (Phi) is 5.92. The summed E-state index contributed by atoms with van der Waals surface area (Å²) in [6.07, 6.45) is -6.76. The third-order valence-electron chi connectivity index (χ3n) is 6.01. The van der Waals surface area contributed by atoms with Gasteiger partial charge >= 0.3 is 6.18 Å². The number of carbonyl (C=O) groups is 1. The smallest absolute Gasteiger partial charge is 0.364 e. The predicted octanol–water partition coefficient (Wildman–Crippen LogP) is 3.50. The summed E-state index contributed by atoms with van der Waals surface area (Å²) in [5, 5.41) is 5.28. The zero-order chi connectivity index (χ0) is 24.1. The number of ether oxygens (including phenoxy) is 1. The van der Waals surface area contributed by atoms with Gasteiger partial charge in [-0.1, -0.05) is 12.1 Å². The number of rotatable bonds is 4. The van der Waals surface area contributed by atoms with Gasteiger partial charge in [0.05, 0.1) is 17.3 Å². The predicted molar refractivity (Wildman–Crippen MR) is 118 cm³/mol. The standard InChI is InChI=1S/C23H26F3N5O2/c1-12-9-31(11-20(33-12)23(24,25)26)10-15-5-6-16-17(21-13(2)29-30(4)14(21)3)8-19(22(27)32)28-18(16)7-15/h5-8,12,20H,9-11H2,1-4H3,(H2,27,32). The second-order valence-electron chi connectivity index (χ2n) is 8.61. The number of fused-ring (bicyclic) bond motifs is 1. The van der Waals surface area contributed by atoms with Crippen molar-refractivity contribution >= 4 is 16.8 Å². The number of hydrogen-bond donors (Lipinski definition) is 1. The zero-order valence-electron chi connectivity index (χ0n) is 18.9. The number of amides is 1. The van der Waals surface area contributed by atoms with Gasteiger partial charge in [-0.25, -0.2) is 4.98 Å². The van der Waals surface area contributed by atoms with E-state index in [1.165, 1.54) is 0 Å². The molecule has 1 aliphatic heterocycles. The molecule has 2 N–H and O–H groups in total. The van der Waals surface area contributed by atoms with E-state index in [1.807, 2.05) is 33.0 Å². The van der Waals surface area contributed by atoms with Crippen LogP contribution in [0.4, 0.5) is 13.2 Å². The van der Waals surface area contributed by atoms with Crippen LogP contribution >= 0.6 is 0 Å². The van der Waals surface area contributed by atoms with Crippen LogP contribution < -0.4 is 5.73 Å². The van der Waals surface area contributed by atoms with Gasteiger partial charge in [0.25, 0.3) is 5.91 Å². The molecule has 1 saturated heterocycles. The van der Waals surface area contributed by atoms with Crippen molar-refractivity contribution in [3.05, 3.63) is 46.9 Å². The number of nitrogens with zero attached hydrogens (tertiary/aromatic N) is 4. The van der Waals surface area contributed by atoms with Gasteiger partial charge in [0.2, 0.25) is 0 Å². The number of primary amides is 1. The fraction of sp³-hybridized carbons (Fsp3) is 0.435. The van der Waals surface area contributed by atoms with Crippen LogP contribution in [-0.2, 0) is 18.3 Å². The summed E-state index contributed by atoms with van der Waals surface area (Å²) in [5.41, 5.74) is 10.4. The Labute approximate surface area is 189 Å². The average Bonchev–Trinajstić information content (AvgIpc) is 2.97. The van der Waals surface area contributed by atoms with E-state index in [4.69, 9.17) is 10.5 Å². The Bertz CT molecular complexity index is 1220. The van der Waals surface area contributed by atoms with E-state index in [-0.39, 0.29) is 12.2 Å². The Hall–Kier alpha value is -2.98. The second kappa shape index (κ2) is 8.42. The van der Waals surface area contributed by atoms with Crippen LogP contribution in [0.1, 0.15) is 34.4 Å². The van der Waals surface area contributed by atoms with Gasteiger partial charge in [0, 0.05) is 43.3 Å². The first-order chi connectivity index (χ1) is 15.4. The van der Waals surface area contributed by atoms with Crippen LogP contribution in [0.5, 0.6) is 0 Å². The maximum atomic E-state index is 13.2. The van der Waals surface area contributed by atoms with E-state index >= 15 is 0 Å². The molecule has 2 unspecified atom stereocenters. The molecule has 2 atom stereocenters. The molecule has 1 fully saturated rings. The maximum absolute atomic E-state index is 13.2. The molecule has 1 aromatic carbocycles. The molecule has 3 aromatic rings. The van der Waals surface area contributed by atoms with Crippen LogP contribution in [-0.4, -0.2) is 57.0 Å². The SMILES string of the molecule is Cc1nn(C)c(C)c1-c1cc(C(N)=O)nc2cc(CN3CC(C)OC(C(F)(F)F)C3)ccc12. The molecular formula is C23H26F3N5O2. The molecule has 3 heterocycles. The molecule has 0 saturated carbocycles. The summed E-state index contributed by atoms with van der Waals surface area (Å²) in [5.74, 6) is -0.655. The van der Waals surface area contributed by atoms with E-state index in [2.05, 4.69) is 10.1 Å². The molecule has 176 valence electrons. The summed E-state index contributed by atoms with van der Waals surface area (Å²) in [6.45, 7) is 5.93. The molecule has 0 aliphatic carbocycles. The number of pyridine rings is 1. The normalized spacial score (nSPS) is 19.8. The van der Waals surface area contributed by atoms with Crippen molar-refractivity contribution in [1.82, 2.24) is 19.7 Å². The molecule has 2 aromatic heterocycles. The number of hydrogen-bond acceptors (Lipinski definition) is 5. The molecule has 4 rings (SSSR count). The quantitative estimate of drug-likeness (QED) is 0.643. The second-order valence-corrected chi connectivity index (χ2v) is 8.61. The first-order valence-corrected chi connectivity index (χ1v) is 10.6. The summed E-state index contributed by atoms with van der Waals surface area (Å²) in [4.78, 5) is 18.1. The van der Waals surface area contributed by atoms with Gasteiger partial charge in [0.15, 0.2) is 6.10 Å². The van der Waals surface area contributed by atoms with Crippen molar-refractivity contribution in [1.29, 1.82) is 0 Å². The van der Waals surface area contributed by atoms with E-state index < -0.39 is 24.3 Å². The summed E-state index contributed by atoms with van der Waals surface area (Å²) < 4.78 is 46.5. The topological polar surface area (TPSA) is 86.3 Å². The summed E-state index contributed by atoms with van der Waals surface area (Å²) in [6, 6.07) is 7.23. The molecule has 10 heteroatoms. The minimum absolute atomic E-state index is 0.120. The molecule has 33 heavy (non-hydrogen) atoms. The van der Waals surface area contributed by atoms with Crippen molar-refractivity contribution in [2.24, 2.45) is 12.8 Å². The maximum Gasteiger partial charge on any atom is 0.415 e. The average molecular weight is 461 g/mol. The van der Waals surface area contributed by atoms with Crippen LogP contribution in [0.3, 0.4) is 0 Å². The Morgan fingerprint density at radius 3 is 2.58 bits per heavy atom. The van der Waals surface area contributed by atoms with E-state index in [1.54, 1.807) is 28.6 Å². The van der Waals surface area contributed by atoms with Crippen molar-refractivity contribution in [2.75, 3.05) is 13.1 Å². The van der Waals surface area contributed by atoms with Gasteiger partial charge in [-0.3, -0.25) is 14.4 Å². The highest BCUT2D eigenvalue weighted by molar-refractivity contribution is 6.01. The van der Waals surface area contributed by atoms with Crippen molar-refractivity contribution in [3.63, 3.8) is 0 Å². The third kappa shape index (κ3) is 4.58. The fourth-order valence-electron chi connectivity index (χ4n) is 4.48. The monoisotopic (exact) mass is 461 g/mol. The first-order valence-electron chi connectivity index (χ1n) is 10.6. The van der Waals surface area contributed by atoms with Crippen LogP contribution in [0.15, 0.2) is 24.3 Å². The van der Waals surface area contributed by atoms with Crippen molar-refractivity contribution in [3.8, 4) is 11.1 Å². The summed E-state index contributed by atoms with van der Waals surface area (Å²) >= 11 is 0. The Morgan fingerprint density at radius 1 is 1.24 bits per heavy atom.